The largest absolute Gasteiger partial charge is 0.444 e. The average molecular weight is 573 g/mol. The van der Waals surface area contributed by atoms with E-state index in [-0.39, 0.29) is 12.0 Å². The molecule has 1 aromatic carbocycles. The van der Waals surface area contributed by atoms with E-state index in [4.69, 9.17) is 9.72 Å². The van der Waals surface area contributed by atoms with Gasteiger partial charge >= 0.3 is 6.09 Å². The van der Waals surface area contributed by atoms with E-state index in [1.807, 2.05) is 69.0 Å². The zero-order valence-corrected chi connectivity index (χ0v) is 24.8. The number of para-hydroxylation sites is 2. The number of carbonyl (C=O) groups is 2. The predicted octanol–water partition coefficient (Wildman–Crippen LogP) is 6.21. The SMILES string of the molecule is Cc1nsc(Cc2cnc3ccccc3n2)c1C(=O)Nc1ccc(CCC2CCN(C(=O)OC(C)(C)C)CC2)nc1. The van der Waals surface area contributed by atoms with E-state index in [2.05, 4.69) is 19.7 Å². The monoisotopic (exact) mass is 572 g/mol. The molecule has 3 aromatic heterocycles. The lowest BCUT2D eigenvalue weighted by molar-refractivity contribution is 0.0181. The minimum absolute atomic E-state index is 0.203. The first kappa shape index (κ1) is 28.6. The highest BCUT2D eigenvalue weighted by Crippen LogP contribution is 2.25. The number of benzene rings is 1. The van der Waals surface area contributed by atoms with Crippen molar-refractivity contribution in [2.24, 2.45) is 5.92 Å². The molecule has 41 heavy (non-hydrogen) atoms. The van der Waals surface area contributed by atoms with Crippen molar-refractivity contribution in [2.75, 3.05) is 18.4 Å². The first-order chi connectivity index (χ1) is 19.6. The van der Waals surface area contributed by atoms with E-state index < -0.39 is 5.60 Å². The molecule has 0 unspecified atom stereocenters. The van der Waals surface area contributed by atoms with Gasteiger partial charge in [-0.1, -0.05) is 12.1 Å². The molecule has 0 spiro atoms. The highest BCUT2D eigenvalue weighted by atomic mass is 32.1. The smallest absolute Gasteiger partial charge is 0.410 e. The van der Waals surface area contributed by atoms with E-state index >= 15 is 0 Å². The van der Waals surface area contributed by atoms with Crippen molar-refractivity contribution in [3.63, 3.8) is 0 Å². The fraction of sp³-hybridized carbons (Fsp3) is 0.419. The summed E-state index contributed by atoms with van der Waals surface area (Å²) in [6.45, 7) is 8.97. The van der Waals surface area contributed by atoms with Gasteiger partial charge in [0.05, 0.1) is 39.9 Å². The van der Waals surface area contributed by atoms with Crippen molar-refractivity contribution in [1.82, 2.24) is 24.2 Å². The number of pyridine rings is 1. The number of amides is 2. The van der Waals surface area contributed by atoms with Gasteiger partial charge in [-0.15, -0.1) is 0 Å². The lowest BCUT2D eigenvalue weighted by atomic mass is 9.91. The van der Waals surface area contributed by atoms with Gasteiger partial charge in [-0.05, 0) is 95.1 Å². The van der Waals surface area contributed by atoms with Gasteiger partial charge in [0.1, 0.15) is 5.60 Å². The summed E-state index contributed by atoms with van der Waals surface area (Å²) < 4.78 is 9.94. The molecule has 9 nitrogen and oxygen atoms in total. The molecular weight excluding hydrogens is 536 g/mol. The quantitative estimate of drug-likeness (QED) is 0.280. The number of ether oxygens (including phenoxy) is 1. The maximum Gasteiger partial charge on any atom is 0.410 e. The molecule has 4 aromatic rings. The van der Waals surface area contributed by atoms with Gasteiger partial charge in [-0.3, -0.25) is 14.8 Å². The van der Waals surface area contributed by atoms with Crippen LogP contribution < -0.4 is 5.32 Å². The second kappa shape index (κ2) is 12.3. The van der Waals surface area contributed by atoms with E-state index in [9.17, 15) is 9.59 Å². The number of piperidine rings is 1. The molecule has 1 aliphatic heterocycles. The zero-order valence-electron chi connectivity index (χ0n) is 24.0. The normalized spacial score (nSPS) is 14.3. The highest BCUT2D eigenvalue weighted by Gasteiger charge is 2.27. The molecule has 4 heterocycles. The van der Waals surface area contributed by atoms with E-state index in [1.54, 1.807) is 12.4 Å². The minimum Gasteiger partial charge on any atom is -0.444 e. The number of hydrogen-bond acceptors (Lipinski definition) is 8. The molecule has 2 amide bonds. The number of hydrogen-bond donors (Lipinski definition) is 1. The Bertz CT molecular complexity index is 1520. The number of anilines is 1. The second-order valence-corrected chi connectivity index (χ2v) is 12.4. The molecule has 0 aliphatic carbocycles. The number of rotatable bonds is 7. The lowest BCUT2D eigenvalue weighted by Gasteiger charge is -2.33. The Labute approximate surface area is 244 Å². The topological polar surface area (TPSA) is 110 Å². The summed E-state index contributed by atoms with van der Waals surface area (Å²) in [4.78, 5) is 42.0. The van der Waals surface area contributed by atoms with Crippen LogP contribution in [0, 0.1) is 12.8 Å². The van der Waals surface area contributed by atoms with Crippen molar-refractivity contribution in [3.8, 4) is 0 Å². The van der Waals surface area contributed by atoms with Crippen LogP contribution in [-0.2, 0) is 17.6 Å². The summed E-state index contributed by atoms with van der Waals surface area (Å²) in [7, 11) is 0. The molecule has 1 N–H and O–H groups in total. The molecule has 1 saturated heterocycles. The van der Waals surface area contributed by atoms with E-state index in [1.165, 1.54) is 11.5 Å². The van der Waals surface area contributed by atoms with Gasteiger partial charge < -0.3 is 15.0 Å². The Hall–Kier alpha value is -3.92. The van der Waals surface area contributed by atoms with Crippen LogP contribution in [0.2, 0.25) is 0 Å². The Morgan fingerprint density at radius 1 is 1.02 bits per heavy atom. The van der Waals surface area contributed by atoms with Crippen molar-refractivity contribution in [1.29, 1.82) is 0 Å². The summed E-state index contributed by atoms with van der Waals surface area (Å²) in [5.41, 5.74) is 4.89. The predicted molar refractivity (Wildman–Crippen MR) is 160 cm³/mol. The number of aryl methyl sites for hydroxylation is 2. The summed E-state index contributed by atoms with van der Waals surface area (Å²) in [6.07, 6.45) is 7.53. The van der Waals surface area contributed by atoms with Crippen molar-refractivity contribution in [3.05, 3.63) is 76.3 Å². The Balaban J connectivity index is 1.13. The maximum atomic E-state index is 13.2. The van der Waals surface area contributed by atoms with Gasteiger partial charge in [0.2, 0.25) is 0 Å². The molecule has 5 rings (SSSR count). The number of nitrogens with zero attached hydrogens (tertiary/aromatic N) is 5. The van der Waals surface area contributed by atoms with Crippen molar-refractivity contribution in [2.45, 2.75) is 65.4 Å². The van der Waals surface area contributed by atoms with Crippen LogP contribution in [-0.4, -0.2) is 54.9 Å². The number of aromatic nitrogens is 4. The molecule has 0 atom stereocenters. The van der Waals surface area contributed by atoms with Crippen LogP contribution in [0.5, 0.6) is 0 Å². The molecule has 214 valence electrons. The fourth-order valence-electron chi connectivity index (χ4n) is 5.00. The second-order valence-electron chi connectivity index (χ2n) is 11.5. The highest BCUT2D eigenvalue weighted by molar-refractivity contribution is 7.06. The van der Waals surface area contributed by atoms with Crippen molar-refractivity contribution < 1.29 is 14.3 Å². The van der Waals surface area contributed by atoms with Crippen LogP contribution in [0.1, 0.15) is 72.4 Å². The third-order valence-electron chi connectivity index (χ3n) is 7.16. The number of carbonyl (C=O) groups excluding carboxylic acids is 2. The summed E-state index contributed by atoms with van der Waals surface area (Å²) in [5, 5.41) is 2.99. The van der Waals surface area contributed by atoms with Gasteiger partial charge in [0.15, 0.2) is 0 Å². The maximum absolute atomic E-state index is 13.2. The van der Waals surface area contributed by atoms with E-state index in [0.29, 0.717) is 29.3 Å². The van der Waals surface area contributed by atoms with E-state index in [0.717, 1.165) is 66.1 Å². The number of fused-ring (bicyclic) bond motifs is 1. The van der Waals surface area contributed by atoms with Crippen LogP contribution >= 0.6 is 11.5 Å². The molecule has 1 fully saturated rings. The van der Waals surface area contributed by atoms with Gasteiger partial charge in [0, 0.05) is 36.3 Å². The van der Waals surface area contributed by atoms with Crippen LogP contribution in [0.3, 0.4) is 0 Å². The molecule has 0 bridgehead atoms. The third-order valence-corrected chi connectivity index (χ3v) is 8.09. The standard InChI is InChI=1S/C31H36N6O3S/c1-20-28(27(41-36-20)17-24-19-33-25-7-5-6-8-26(25)34-24)29(38)35-23-12-11-22(32-18-23)10-9-21-13-15-37(16-14-21)30(39)40-31(2,3)4/h5-8,11-12,18-19,21H,9-10,13-17H2,1-4H3,(H,35,38). The average Bonchev–Trinajstić information content (AvgIpc) is 3.31. The van der Waals surface area contributed by atoms with Crippen molar-refractivity contribution >= 4 is 40.3 Å². The molecule has 10 heteroatoms. The Morgan fingerprint density at radius 2 is 1.78 bits per heavy atom. The lowest BCUT2D eigenvalue weighted by Crippen LogP contribution is -2.41. The summed E-state index contributed by atoms with van der Waals surface area (Å²) >= 11 is 1.32. The van der Waals surface area contributed by atoms with Gasteiger partial charge in [-0.25, -0.2) is 9.78 Å². The number of likely N-dealkylation sites (tertiary alicyclic amines) is 1. The Morgan fingerprint density at radius 3 is 2.49 bits per heavy atom. The van der Waals surface area contributed by atoms with Crippen LogP contribution in [0.15, 0.2) is 48.8 Å². The first-order valence-corrected chi connectivity index (χ1v) is 14.8. The molecular formula is C31H36N6O3S. The molecule has 0 saturated carbocycles. The molecule has 0 radical (unpaired) electrons. The zero-order chi connectivity index (χ0) is 29.0. The third kappa shape index (κ3) is 7.43. The number of nitrogens with one attached hydrogen (secondary N) is 1. The molecule has 1 aliphatic rings. The summed E-state index contributed by atoms with van der Waals surface area (Å²) in [6, 6.07) is 11.6. The summed E-state index contributed by atoms with van der Waals surface area (Å²) in [5.74, 6) is 0.348. The Kier molecular flexibility index (Phi) is 8.58. The minimum atomic E-state index is -0.472. The van der Waals surface area contributed by atoms with Gasteiger partial charge in [-0.2, -0.15) is 4.37 Å². The van der Waals surface area contributed by atoms with Crippen LogP contribution in [0.4, 0.5) is 10.5 Å². The fourth-order valence-corrected chi connectivity index (χ4v) is 5.88. The van der Waals surface area contributed by atoms with Gasteiger partial charge in [0.25, 0.3) is 5.91 Å². The van der Waals surface area contributed by atoms with Crippen LogP contribution in [0.25, 0.3) is 11.0 Å². The first-order valence-electron chi connectivity index (χ1n) is 14.0.